The van der Waals surface area contributed by atoms with Crippen LogP contribution in [0.2, 0.25) is 5.02 Å². The minimum absolute atomic E-state index is 0.175. The highest BCUT2D eigenvalue weighted by molar-refractivity contribution is 7.92. The van der Waals surface area contributed by atoms with Gasteiger partial charge in [0.15, 0.2) is 0 Å². The molecule has 5 nitrogen and oxygen atoms in total. The predicted octanol–water partition coefficient (Wildman–Crippen LogP) is 3.20. The van der Waals surface area contributed by atoms with Gasteiger partial charge in [0, 0.05) is 5.56 Å². The van der Waals surface area contributed by atoms with E-state index in [1.165, 1.54) is 12.1 Å². The number of anilines is 1. The summed E-state index contributed by atoms with van der Waals surface area (Å²) in [5, 5.41) is 3.09. The molecule has 122 valence electrons. The lowest BCUT2D eigenvalue weighted by Crippen LogP contribution is -2.26. The van der Waals surface area contributed by atoms with Crippen molar-refractivity contribution >= 4 is 33.2 Å². The Bertz CT molecular complexity index is 807. The van der Waals surface area contributed by atoms with Crippen LogP contribution >= 0.6 is 11.6 Å². The largest absolute Gasteiger partial charge is 0.346 e. The lowest BCUT2D eigenvalue weighted by molar-refractivity contribution is 0.0940. The molecule has 1 atom stereocenters. The highest BCUT2D eigenvalue weighted by Crippen LogP contribution is 2.24. The first-order valence-corrected chi connectivity index (χ1v) is 9.16. The van der Waals surface area contributed by atoms with Crippen molar-refractivity contribution in [3.8, 4) is 0 Å². The molecule has 0 radical (unpaired) electrons. The third-order valence-corrected chi connectivity index (χ3v) is 4.09. The fraction of sp³-hybridized carbons (Fsp3) is 0.188. The van der Waals surface area contributed by atoms with E-state index in [2.05, 4.69) is 10.0 Å². The molecule has 2 aromatic rings. The number of carbonyl (C=O) groups excluding carboxylic acids is 1. The van der Waals surface area contributed by atoms with E-state index in [4.69, 9.17) is 11.6 Å². The van der Waals surface area contributed by atoms with Gasteiger partial charge in [-0.3, -0.25) is 9.52 Å². The van der Waals surface area contributed by atoms with Gasteiger partial charge in [0.1, 0.15) is 0 Å². The van der Waals surface area contributed by atoms with Crippen LogP contribution in [0.25, 0.3) is 0 Å². The highest BCUT2D eigenvalue weighted by atomic mass is 35.5. The Hall–Kier alpha value is -2.05. The molecule has 2 aromatic carbocycles. The maximum atomic E-state index is 12.3. The van der Waals surface area contributed by atoms with E-state index in [0.717, 1.165) is 11.8 Å². The van der Waals surface area contributed by atoms with Crippen LogP contribution in [0.5, 0.6) is 0 Å². The third-order valence-electron chi connectivity index (χ3n) is 3.17. The van der Waals surface area contributed by atoms with Gasteiger partial charge in [0.25, 0.3) is 5.91 Å². The van der Waals surface area contributed by atoms with Crippen LogP contribution < -0.4 is 10.0 Å². The number of hydrogen-bond donors (Lipinski definition) is 2. The summed E-state index contributed by atoms with van der Waals surface area (Å²) in [6.45, 7) is 1.87. The van der Waals surface area contributed by atoms with Gasteiger partial charge in [-0.15, -0.1) is 0 Å². The Morgan fingerprint density at radius 2 is 1.78 bits per heavy atom. The predicted molar refractivity (Wildman–Crippen MR) is 92.2 cm³/mol. The zero-order chi connectivity index (χ0) is 17.0. The van der Waals surface area contributed by atoms with Crippen LogP contribution in [0.3, 0.4) is 0 Å². The van der Waals surface area contributed by atoms with Gasteiger partial charge in [-0.25, -0.2) is 8.42 Å². The van der Waals surface area contributed by atoms with Gasteiger partial charge in [-0.2, -0.15) is 0 Å². The lowest BCUT2D eigenvalue weighted by atomic mass is 10.1. The molecule has 0 bridgehead atoms. The van der Waals surface area contributed by atoms with Crippen LogP contribution in [-0.2, 0) is 10.0 Å². The van der Waals surface area contributed by atoms with Gasteiger partial charge in [-0.1, -0.05) is 41.9 Å². The average Bonchev–Trinajstić information content (AvgIpc) is 2.49. The summed E-state index contributed by atoms with van der Waals surface area (Å²) in [7, 11) is -3.47. The highest BCUT2D eigenvalue weighted by Gasteiger charge is 2.14. The summed E-state index contributed by atoms with van der Waals surface area (Å²) >= 11 is 5.95. The Labute approximate surface area is 140 Å². The monoisotopic (exact) mass is 352 g/mol. The maximum Gasteiger partial charge on any atom is 0.251 e. The van der Waals surface area contributed by atoms with Crippen LogP contribution in [0.15, 0.2) is 48.5 Å². The number of sulfonamides is 1. The van der Waals surface area contributed by atoms with Crippen LogP contribution in [0.4, 0.5) is 5.69 Å². The molecule has 0 aromatic heterocycles. The normalized spacial score (nSPS) is 12.5. The molecule has 0 spiro atoms. The first-order chi connectivity index (χ1) is 10.8. The number of nitrogens with one attached hydrogen (secondary N) is 2. The Morgan fingerprint density at radius 1 is 1.13 bits per heavy atom. The molecule has 0 saturated carbocycles. The average molecular weight is 353 g/mol. The summed E-state index contributed by atoms with van der Waals surface area (Å²) in [6.07, 6.45) is 1.02. The third kappa shape index (κ3) is 4.97. The van der Waals surface area contributed by atoms with Gasteiger partial charge in [0.2, 0.25) is 10.0 Å². The van der Waals surface area contributed by atoms with E-state index >= 15 is 0 Å². The molecule has 1 amide bonds. The molecular formula is C16H17ClN2O3S. The van der Waals surface area contributed by atoms with Crippen molar-refractivity contribution in [2.24, 2.45) is 0 Å². The van der Waals surface area contributed by atoms with Crippen LogP contribution in [0, 0.1) is 0 Å². The fourth-order valence-electron chi connectivity index (χ4n) is 2.05. The van der Waals surface area contributed by atoms with E-state index in [9.17, 15) is 13.2 Å². The van der Waals surface area contributed by atoms with Gasteiger partial charge in [-0.05, 0) is 30.7 Å². The summed E-state index contributed by atoms with van der Waals surface area (Å²) < 4.78 is 24.9. The zero-order valence-corrected chi connectivity index (χ0v) is 14.3. The van der Waals surface area contributed by atoms with E-state index in [0.29, 0.717) is 5.56 Å². The fourth-order valence-corrected chi connectivity index (χ4v) is 2.84. The first kappa shape index (κ1) is 17.3. The molecule has 0 aliphatic carbocycles. The molecular weight excluding hydrogens is 336 g/mol. The van der Waals surface area contributed by atoms with E-state index in [1.807, 2.05) is 37.3 Å². The number of benzene rings is 2. The minimum Gasteiger partial charge on any atom is -0.346 e. The quantitative estimate of drug-likeness (QED) is 0.867. The van der Waals surface area contributed by atoms with Gasteiger partial charge < -0.3 is 5.32 Å². The van der Waals surface area contributed by atoms with Crippen molar-refractivity contribution in [1.29, 1.82) is 0 Å². The molecule has 0 saturated heterocycles. The summed E-state index contributed by atoms with van der Waals surface area (Å²) in [5.41, 5.74) is 1.47. The van der Waals surface area contributed by atoms with Crippen molar-refractivity contribution in [2.45, 2.75) is 13.0 Å². The Morgan fingerprint density at radius 3 is 2.39 bits per heavy atom. The van der Waals surface area contributed by atoms with Crippen molar-refractivity contribution in [2.75, 3.05) is 11.0 Å². The second-order valence-corrected chi connectivity index (χ2v) is 7.33. The lowest BCUT2D eigenvalue weighted by Gasteiger charge is -2.15. The summed E-state index contributed by atoms with van der Waals surface area (Å²) in [6, 6.07) is 13.8. The maximum absolute atomic E-state index is 12.3. The molecule has 7 heteroatoms. The SMILES string of the molecule is CC(NC(=O)c1ccc(Cl)c(NS(C)(=O)=O)c1)c1ccccc1. The molecule has 0 heterocycles. The number of carbonyl (C=O) groups is 1. The number of rotatable bonds is 5. The Balaban J connectivity index is 2.18. The second-order valence-electron chi connectivity index (χ2n) is 5.17. The summed E-state index contributed by atoms with van der Waals surface area (Å²) in [4.78, 5) is 12.3. The zero-order valence-electron chi connectivity index (χ0n) is 12.7. The van der Waals surface area contributed by atoms with Crippen molar-refractivity contribution < 1.29 is 13.2 Å². The molecule has 2 N–H and O–H groups in total. The van der Waals surface area contributed by atoms with Gasteiger partial charge in [0.05, 0.1) is 23.0 Å². The van der Waals surface area contributed by atoms with Crippen molar-refractivity contribution in [3.63, 3.8) is 0 Å². The molecule has 1 unspecified atom stereocenters. The smallest absolute Gasteiger partial charge is 0.251 e. The number of hydrogen-bond acceptors (Lipinski definition) is 3. The molecule has 0 aliphatic heterocycles. The molecule has 0 fully saturated rings. The topological polar surface area (TPSA) is 75.3 Å². The summed E-state index contributed by atoms with van der Waals surface area (Å²) in [5.74, 6) is -0.311. The van der Waals surface area contributed by atoms with E-state index in [-0.39, 0.29) is 22.7 Å². The van der Waals surface area contributed by atoms with Crippen LogP contribution in [-0.4, -0.2) is 20.6 Å². The van der Waals surface area contributed by atoms with Crippen molar-refractivity contribution in [1.82, 2.24) is 5.32 Å². The standard InChI is InChI=1S/C16H17ClN2O3S/c1-11(12-6-4-3-5-7-12)18-16(20)13-8-9-14(17)15(10-13)19-23(2,21)22/h3-11,19H,1-2H3,(H,18,20). The first-order valence-electron chi connectivity index (χ1n) is 6.89. The van der Waals surface area contributed by atoms with Crippen molar-refractivity contribution in [3.05, 3.63) is 64.7 Å². The van der Waals surface area contributed by atoms with E-state index in [1.54, 1.807) is 6.07 Å². The molecule has 2 rings (SSSR count). The van der Waals surface area contributed by atoms with Gasteiger partial charge >= 0.3 is 0 Å². The molecule has 23 heavy (non-hydrogen) atoms. The second kappa shape index (κ2) is 7.02. The van der Waals surface area contributed by atoms with E-state index < -0.39 is 10.0 Å². The molecule has 0 aliphatic rings. The van der Waals surface area contributed by atoms with Crippen LogP contribution in [0.1, 0.15) is 28.9 Å². The Kier molecular flexibility index (Phi) is 5.28. The number of halogens is 1. The number of amides is 1. The minimum atomic E-state index is -3.47.